The smallest absolute Gasteiger partial charge is 0.127 e. The molecule has 1 atom stereocenters. The van der Waals surface area contributed by atoms with Gasteiger partial charge in [-0.15, -0.1) is 11.6 Å². The van der Waals surface area contributed by atoms with Gasteiger partial charge in [0.1, 0.15) is 11.6 Å². The Morgan fingerprint density at radius 1 is 1.37 bits per heavy atom. The molecule has 0 saturated carbocycles. The number of aryl methyl sites for hydroxylation is 1. The van der Waals surface area contributed by atoms with Crippen molar-refractivity contribution in [3.8, 4) is 5.75 Å². The molecule has 104 valence electrons. The summed E-state index contributed by atoms with van der Waals surface area (Å²) in [5.41, 5.74) is 2.10. The van der Waals surface area contributed by atoms with Gasteiger partial charge in [0.15, 0.2) is 0 Å². The third-order valence-electron chi connectivity index (χ3n) is 3.33. The van der Waals surface area contributed by atoms with Crippen LogP contribution < -0.4 is 4.74 Å². The summed E-state index contributed by atoms with van der Waals surface area (Å²) in [7, 11) is 1.67. The molecule has 0 saturated heterocycles. The number of fused-ring (bicyclic) bond motifs is 1. The molecular formula is C15H21ClN2O. The number of unbranched alkanes of at least 4 members (excludes halogenated alkanes) is 2. The van der Waals surface area contributed by atoms with Crippen LogP contribution in [0, 0.1) is 0 Å². The first-order valence-electron chi connectivity index (χ1n) is 6.85. The molecule has 2 rings (SSSR count). The molecule has 0 spiro atoms. The fourth-order valence-corrected chi connectivity index (χ4v) is 2.48. The Labute approximate surface area is 119 Å². The number of alkyl halides is 1. The molecule has 1 aromatic carbocycles. The number of imidazole rings is 1. The normalized spacial score (nSPS) is 12.8. The van der Waals surface area contributed by atoms with Crippen LogP contribution >= 0.6 is 11.6 Å². The number of rotatable bonds is 6. The van der Waals surface area contributed by atoms with Crippen molar-refractivity contribution >= 4 is 22.6 Å². The van der Waals surface area contributed by atoms with Crippen molar-refractivity contribution in [3.63, 3.8) is 0 Å². The zero-order valence-electron chi connectivity index (χ0n) is 11.8. The van der Waals surface area contributed by atoms with Crippen molar-refractivity contribution in [2.75, 3.05) is 7.11 Å². The first-order chi connectivity index (χ1) is 9.17. The molecule has 0 N–H and O–H groups in total. The third kappa shape index (κ3) is 3.03. The Hall–Kier alpha value is -1.22. The molecule has 0 aliphatic carbocycles. The maximum atomic E-state index is 6.25. The van der Waals surface area contributed by atoms with Gasteiger partial charge in [0, 0.05) is 12.6 Å². The van der Waals surface area contributed by atoms with Crippen LogP contribution in [0.4, 0.5) is 0 Å². The van der Waals surface area contributed by atoms with E-state index < -0.39 is 0 Å². The first kappa shape index (κ1) is 14.2. The highest BCUT2D eigenvalue weighted by atomic mass is 35.5. The molecule has 3 nitrogen and oxygen atoms in total. The van der Waals surface area contributed by atoms with Gasteiger partial charge < -0.3 is 9.30 Å². The number of nitrogens with zero attached hydrogens (tertiary/aromatic N) is 2. The molecular weight excluding hydrogens is 260 g/mol. The average molecular weight is 281 g/mol. The van der Waals surface area contributed by atoms with E-state index in [1.165, 1.54) is 12.8 Å². The number of hydrogen-bond acceptors (Lipinski definition) is 2. The molecule has 0 radical (unpaired) electrons. The highest BCUT2D eigenvalue weighted by Gasteiger charge is 2.15. The number of methoxy groups -OCH3 is 1. The van der Waals surface area contributed by atoms with Crippen molar-refractivity contribution in [1.82, 2.24) is 9.55 Å². The Morgan fingerprint density at radius 3 is 2.79 bits per heavy atom. The monoisotopic (exact) mass is 280 g/mol. The quantitative estimate of drug-likeness (QED) is 0.574. The lowest BCUT2D eigenvalue weighted by Gasteiger charge is -2.10. The summed E-state index contributed by atoms with van der Waals surface area (Å²) < 4.78 is 7.49. The van der Waals surface area contributed by atoms with E-state index in [1.54, 1.807) is 7.11 Å². The summed E-state index contributed by atoms with van der Waals surface area (Å²) in [4.78, 5) is 4.65. The van der Waals surface area contributed by atoms with Gasteiger partial charge in [-0.05, 0) is 25.5 Å². The molecule has 0 amide bonds. The van der Waals surface area contributed by atoms with Crippen LogP contribution in [0.3, 0.4) is 0 Å². The number of hydrogen-bond donors (Lipinski definition) is 0. The first-order valence-corrected chi connectivity index (χ1v) is 7.29. The Kier molecular flexibility index (Phi) is 4.70. The zero-order valence-corrected chi connectivity index (χ0v) is 12.6. The van der Waals surface area contributed by atoms with Gasteiger partial charge >= 0.3 is 0 Å². The Balaban J connectivity index is 2.42. The van der Waals surface area contributed by atoms with Gasteiger partial charge in [-0.1, -0.05) is 19.8 Å². The summed E-state index contributed by atoms with van der Waals surface area (Å²) in [5.74, 6) is 1.78. The van der Waals surface area contributed by atoms with Crippen molar-refractivity contribution in [3.05, 3.63) is 24.0 Å². The van der Waals surface area contributed by atoms with E-state index in [2.05, 4.69) is 22.5 Å². The molecule has 2 aromatic rings. The lowest BCUT2D eigenvalue weighted by Crippen LogP contribution is -2.04. The molecule has 0 aliphatic heterocycles. The lowest BCUT2D eigenvalue weighted by molar-refractivity contribution is 0.415. The van der Waals surface area contributed by atoms with Crippen LogP contribution in [-0.4, -0.2) is 16.7 Å². The number of ether oxygens (including phenoxy) is 1. The van der Waals surface area contributed by atoms with E-state index in [0.717, 1.165) is 35.6 Å². The highest BCUT2D eigenvalue weighted by molar-refractivity contribution is 6.20. The van der Waals surface area contributed by atoms with Crippen LogP contribution in [0.25, 0.3) is 11.0 Å². The second-order valence-corrected chi connectivity index (χ2v) is 5.45. The van der Waals surface area contributed by atoms with Gasteiger partial charge in [0.2, 0.25) is 0 Å². The van der Waals surface area contributed by atoms with Crippen molar-refractivity contribution in [2.24, 2.45) is 0 Å². The molecule has 1 aromatic heterocycles. The Bertz CT molecular complexity index is 548. The summed E-state index contributed by atoms with van der Waals surface area (Å²) in [5, 5.41) is -0.0833. The van der Waals surface area contributed by atoms with Crippen LogP contribution in [0.15, 0.2) is 18.2 Å². The Morgan fingerprint density at radius 2 is 2.16 bits per heavy atom. The van der Waals surface area contributed by atoms with E-state index in [9.17, 15) is 0 Å². The number of halogens is 1. The topological polar surface area (TPSA) is 27.1 Å². The van der Waals surface area contributed by atoms with Gasteiger partial charge in [-0.25, -0.2) is 4.98 Å². The minimum absolute atomic E-state index is 0.0833. The maximum Gasteiger partial charge on any atom is 0.127 e. The summed E-state index contributed by atoms with van der Waals surface area (Å²) >= 11 is 6.25. The fraction of sp³-hybridized carbons (Fsp3) is 0.533. The van der Waals surface area contributed by atoms with Gasteiger partial charge in [0.05, 0.1) is 23.5 Å². The fourth-order valence-electron chi connectivity index (χ4n) is 2.31. The minimum atomic E-state index is -0.0833. The average Bonchev–Trinajstić information content (AvgIpc) is 2.77. The maximum absolute atomic E-state index is 6.25. The van der Waals surface area contributed by atoms with Gasteiger partial charge in [-0.2, -0.15) is 0 Å². The predicted molar refractivity (Wildman–Crippen MR) is 80.1 cm³/mol. The minimum Gasteiger partial charge on any atom is -0.497 e. The zero-order chi connectivity index (χ0) is 13.8. The second kappa shape index (κ2) is 6.29. The second-order valence-electron chi connectivity index (χ2n) is 4.80. The number of aromatic nitrogens is 2. The van der Waals surface area contributed by atoms with E-state index in [0.29, 0.717) is 0 Å². The SMILES string of the molecule is CCCCCn1c(C(C)Cl)nc2cc(OC)ccc21. The molecule has 4 heteroatoms. The molecule has 1 unspecified atom stereocenters. The predicted octanol–water partition coefficient (Wildman–Crippen LogP) is 4.53. The number of benzene rings is 1. The molecule has 0 fully saturated rings. The lowest BCUT2D eigenvalue weighted by atomic mass is 10.2. The van der Waals surface area contributed by atoms with Gasteiger partial charge in [0.25, 0.3) is 0 Å². The molecule has 0 aliphatic rings. The molecule has 0 bridgehead atoms. The van der Waals surface area contributed by atoms with E-state index in [1.807, 2.05) is 19.1 Å². The van der Waals surface area contributed by atoms with Crippen LogP contribution in [0.2, 0.25) is 0 Å². The van der Waals surface area contributed by atoms with E-state index in [-0.39, 0.29) is 5.38 Å². The van der Waals surface area contributed by atoms with Crippen LogP contribution in [0.1, 0.15) is 44.3 Å². The third-order valence-corrected chi connectivity index (χ3v) is 3.52. The summed E-state index contributed by atoms with van der Waals surface area (Å²) in [6, 6.07) is 6.01. The largest absolute Gasteiger partial charge is 0.497 e. The van der Waals surface area contributed by atoms with E-state index in [4.69, 9.17) is 16.3 Å². The van der Waals surface area contributed by atoms with Crippen molar-refractivity contribution in [1.29, 1.82) is 0 Å². The molecule has 1 heterocycles. The summed E-state index contributed by atoms with van der Waals surface area (Å²) in [6.07, 6.45) is 3.60. The van der Waals surface area contributed by atoms with Crippen LogP contribution in [0.5, 0.6) is 5.75 Å². The standard InChI is InChI=1S/C15H21ClN2O/c1-4-5-6-9-18-14-8-7-12(19-3)10-13(14)17-15(18)11(2)16/h7-8,10-11H,4-6,9H2,1-3H3. The molecule has 19 heavy (non-hydrogen) atoms. The van der Waals surface area contributed by atoms with Gasteiger partial charge in [-0.3, -0.25) is 0 Å². The van der Waals surface area contributed by atoms with Crippen molar-refractivity contribution < 1.29 is 4.74 Å². The highest BCUT2D eigenvalue weighted by Crippen LogP contribution is 2.27. The van der Waals surface area contributed by atoms with Crippen LogP contribution in [-0.2, 0) is 6.54 Å². The van der Waals surface area contributed by atoms with E-state index >= 15 is 0 Å². The summed E-state index contributed by atoms with van der Waals surface area (Å²) in [6.45, 7) is 5.15. The van der Waals surface area contributed by atoms with Crippen molar-refractivity contribution in [2.45, 2.75) is 45.0 Å².